The van der Waals surface area contributed by atoms with E-state index in [-0.39, 0.29) is 0 Å². The highest BCUT2D eigenvalue weighted by Crippen LogP contribution is 2.74. The Labute approximate surface area is 440 Å². The van der Waals surface area contributed by atoms with Crippen LogP contribution in [0.25, 0.3) is 77.2 Å². The van der Waals surface area contributed by atoms with Crippen LogP contribution in [-0.2, 0) is 0 Å². The van der Waals surface area contributed by atoms with Crippen molar-refractivity contribution in [3.63, 3.8) is 0 Å². The van der Waals surface area contributed by atoms with E-state index >= 15 is 0 Å². The first-order chi connectivity index (χ1) is 35.4. The highest BCUT2D eigenvalue weighted by Gasteiger charge is 2.36. The fraction of sp³-hybridized carbons (Fsp3) is 0. The molecule has 2 nitrogen and oxygen atoms in total. The summed E-state index contributed by atoms with van der Waals surface area (Å²) in [5.74, 6) is 0. The summed E-state index contributed by atoms with van der Waals surface area (Å²) in [5, 5.41) is 4.97. The molecule has 0 saturated heterocycles. The molecule has 0 N–H and O–H groups in total. The van der Waals surface area contributed by atoms with Crippen molar-refractivity contribution < 1.29 is 0 Å². The molecule has 0 aliphatic rings. The summed E-state index contributed by atoms with van der Waals surface area (Å²) in [7, 11) is 21.3. The molecule has 2 heterocycles. The predicted molar refractivity (Wildman–Crippen MR) is 348 cm³/mol. The minimum Gasteiger partial charge on any atom is -0.309 e. The van der Waals surface area contributed by atoms with Gasteiger partial charge in [-0.1, -0.05) is 137 Å². The van der Waals surface area contributed by atoms with E-state index in [1.165, 1.54) is 151 Å². The molecule has 0 radical (unpaired) electrons. The highest BCUT2D eigenvalue weighted by atomic mass is 32.3. The fourth-order valence-electron chi connectivity index (χ4n) is 12.5. The van der Waals surface area contributed by atoms with Crippen molar-refractivity contribution >= 4 is 187 Å². The van der Waals surface area contributed by atoms with Crippen LogP contribution in [0.3, 0.4) is 0 Å². The second-order valence-corrected chi connectivity index (χ2v) is 23.4. The summed E-state index contributed by atoms with van der Waals surface area (Å²) in [4.78, 5) is 5.22. The lowest BCUT2D eigenvalue weighted by Crippen LogP contribution is -2.55. The smallest absolute Gasteiger partial charge is 0.139 e. The average Bonchev–Trinajstić information content (AvgIpc) is 3.95. The highest BCUT2D eigenvalue weighted by molar-refractivity contribution is 8.34. The Hall–Kier alpha value is -7.20. The quantitative estimate of drug-likeness (QED) is 0.176. The first-order valence-electron chi connectivity index (χ1n) is 25.8. The normalized spacial score (nSPS) is 12.1. The van der Waals surface area contributed by atoms with Crippen LogP contribution in [0, 0.1) is 0 Å². The maximum absolute atomic E-state index is 2.66. The SMILES string of the molecule is Bc1c(B)c(B)c(-c2cc(S(c3ccccc3)(c3ccccc3)c3ccccc3)cc(-c3c(B)c(B)c(B)c(B)c3B)c2-n2c3ccccc3c3c(-n4c5ccccc5c5ccccc54)cccc32)c(B)c1B. The summed E-state index contributed by atoms with van der Waals surface area (Å²) < 4.78 is 5.17. The summed E-state index contributed by atoms with van der Waals surface area (Å²) in [6.45, 7) is 0. The Kier molecular flexibility index (Phi) is 11.6. The molecule has 0 unspecified atom stereocenters. The van der Waals surface area contributed by atoms with E-state index in [4.69, 9.17) is 0 Å². The van der Waals surface area contributed by atoms with Crippen molar-refractivity contribution in [1.82, 2.24) is 9.13 Å². The average molecular weight is 941 g/mol. The monoisotopic (exact) mass is 942 g/mol. The van der Waals surface area contributed by atoms with Gasteiger partial charge in [0.25, 0.3) is 0 Å². The molecule has 0 spiro atoms. The van der Waals surface area contributed by atoms with Gasteiger partial charge >= 0.3 is 0 Å². The molecule has 0 fully saturated rings. The van der Waals surface area contributed by atoms with Crippen LogP contribution in [0.15, 0.2) is 214 Å². The summed E-state index contributed by atoms with van der Waals surface area (Å²) in [5.41, 5.74) is 25.6. The van der Waals surface area contributed by atoms with Gasteiger partial charge in [-0.05, 0) is 90.0 Å². The van der Waals surface area contributed by atoms with Crippen LogP contribution in [-0.4, -0.2) is 87.6 Å². The van der Waals surface area contributed by atoms with Gasteiger partial charge in [0.1, 0.15) is 78.5 Å². The van der Waals surface area contributed by atoms with Crippen LogP contribution in [0.1, 0.15) is 0 Å². The van der Waals surface area contributed by atoms with Gasteiger partial charge in [-0.2, -0.15) is 0 Å². The molecule has 12 rings (SSSR count). The molecule has 0 aliphatic carbocycles. The standard InChI is InChI=1S/C60H52B10N2S/c61-50-48(51(62)55(66)58(69)54(50)65)40-31-36(73(33-17-4-1-5-18-33,34-19-6-2-7-20-34)35-21-8-3-9-22-35)32-41(49-52(63)56(67)59(70)57(68)53(49)64)60(40)72-44-28-15-12-25-39(44)47-45(29-16-30-46(47)72)71-42-26-13-10-23-37(42)38-24-11-14-27-43(38)71/h1-32H,61-70H2. The van der Waals surface area contributed by atoms with E-state index in [1.54, 1.807) is 0 Å². The maximum Gasteiger partial charge on any atom is 0.139 e. The van der Waals surface area contributed by atoms with Gasteiger partial charge < -0.3 is 9.13 Å². The Balaban J connectivity index is 1.35. The first-order valence-corrected chi connectivity index (χ1v) is 27.4. The Morgan fingerprint density at radius 2 is 0.603 bits per heavy atom. The van der Waals surface area contributed by atoms with Gasteiger partial charge in [-0.25, -0.2) is 0 Å². The zero-order chi connectivity index (χ0) is 50.4. The number of hydrogen-bond acceptors (Lipinski definition) is 0. The number of rotatable bonds is 8. The topological polar surface area (TPSA) is 9.86 Å². The van der Waals surface area contributed by atoms with E-state index in [2.05, 4.69) is 282 Å². The lowest BCUT2D eigenvalue weighted by molar-refractivity contribution is 1.16. The summed E-state index contributed by atoms with van der Waals surface area (Å²) in [6.07, 6.45) is 0. The third kappa shape index (κ3) is 6.95. The van der Waals surface area contributed by atoms with Crippen LogP contribution >= 0.6 is 10.0 Å². The van der Waals surface area contributed by atoms with Crippen LogP contribution in [0.2, 0.25) is 0 Å². The first kappa shape index (κ1) is 46.8. The lowest BCUT2D eigenvalue weighted by atomic mass is 9.58. The molecule has 0 atom stereocenters. The number of fused-ring (bicyclic) bond motifs is 6. The molecule has 73 heavy (non-hydrogen) atoms. The molecule has 0 aliphatic heterocycles. The predicted octanol–water partition coefficient (Wildman–Crippen LogP) is -0.860. The second-order valence-electron chi connectivity index (χ2n) is 20.3. The minimum absolute atomic E-state index is 1.18. The molecule has 10 aromatic carbocycles. The largest absolute Gasteiger partial charge is 0.309 e. The van der Waals surface area contributed by atoms with Gasteiger partial charge in [-0.15, -0.1) is 42.8 Å². The third-order valence-corrected chi connectivity index (χ3v) is 20.9. The van der Waals surface area contributed by atoms with E-state index in [9.17, 15) is 0 Å². The van der Waals surface area contributed by atoms with Crippen LogP contribution < -0.4 is 54.6 Å². The van der Waals surface area contributed by atoms with Crippen molar-refractivity contribution in [2.75, 3.05) is 0 Å². The molecule has 0 bridgehead atoms. The third-order valence-electron chi connectivity index (χ3n) is 17.0. The maximum atomic E-state index is 2.66. The van der Waals surface area contributed by atoms with Crippen molar-refractivity contribution in [2.45, 2.75) is 19.6 Å². The molecular weight excluding hydrogens is 889 g/mol. The fourth-order valence-corrected chi connectivity index (χ4v) is 16.4. The number of para-hydroxylation sites is 3. The van der Waals surface area contributed by atoms with E-state index in [1.807, 2.05) is 0 Å². The van der Waals surface area contributed by atoms with Crippen molar-refractivity contribution in [2.24, 2.45) is 0 Å². The van der Waals surface area contributed by atoms with Crippen molar-refractivity contribution in [3.05, 3.63) is 194 Å². The van der Waals surface area contributed by atoms with Crippen molar-refractivity contribution in [3.8, 4) is 33.6 Å². The summed E-state index contributed by atoms with van der Waals surface area (Å²) in [6, 6.07) is 73.3. The van der Waals surface area contributed by atoms with Gasteiger partial charge in [0.05, 0.1) is 33.4 Å². The molecular formula is C60H52B10N2S. The number of hydrogen-bond donors (Lipinski definition) is 0. The number of nitrogens with zero attached hydrogens (tertiary/aromatic N) is 2. The van der Waals surface area contributed by atoms with Gasteiger partial charge in [0.2, 0.25) is 0 Å². The zero-order valence-corrected chi connectivity index (χ0v) is 44.6. The van der Waals surface area contributed by atoms with Gasteiger partial charge in [0.15, 0.2) is 0 Å². The minimum atomic E-state index is -2.14. The van der Waals surface area contributed by atoms with Gasteiger partial charge in [0, 0.05) is 52.3 Å². The Bertz CT molecular complexity index is 3910. The van der Waals surface area contributed by atoms with E-state index in [0.717, 1.165) is 0 Å². The molecule has 0 saturated carbocycles. The Morgan fingerprint density at radius 3 is 1.01 bits per heavy atom. The molecule has 0 amide bonds. The van der Waals surface area contributed by atoms with Gasteiger partial charge in [-0.3, -0.25) is 0 Å². The van der Waals surface area contributed by atoms with Crippen LogP contribution in [0.4, 0.5) is 0 Å². The lowest BCUT2D eigenvalue weighted by Gasteiger charge is -2.43. The molecule has 338 valence electrons. The van der Waals surface area contributed by atoms with E-state index in [0.29, 0.717) is 0 Å². The second kappa shape index (κ2) is 18.1. The molecule has 13 heteroatoms. The molecule has 12 aromatic rings. The van der Waals surface area contributed by atoms with Crippen LogP contribution in [0.5, 0.6) is 0 Å². The Morgan fingerprint density at radius 1 is 0.274 bits per heavy atom. The summed E-state index contributed by atoms with van der Waals surface area (Å²) >= 11 is 0. The zero-order valence-electron chi connectivity index (χ0n) is 43.8. The van der Waals surface area contributed by atoms with E-state index < -0.39 is 10.0 Å². The number of aromatic nitrogens is 2. The number of benzene rings is 10. The van der Waals surface area contributed by atoms with Crippen molar-refractivity contribution in [1.29, 1.82) is 0 Å². The molecule has 2 aromatic heterocycles.